The third-order valence-corrected chi connectivity index (χ3v) is 4.87. The fourth-order valence-corrected chi connectivity index (χ4v) is 3.44. The predicted octanol–water partition coefficient (Wildman–Crippen LogP) is 4.92. The van der Waals surface area contributed by atoms with Crippen LogP contribution in [0.4, 0.5) is 0 Å². The Labute approximate surface area is 170 Å². The number of ether oxygens (including phenoxy) is 1. The van der Waals surface area contributed by atoms with Crippen LogP contribution in [0, 0.1) is 0 Å². The Bertz CT molecular complexity index is 932. The van der Waals surface area contributed by atoms with Crippen LogP contribution in [-0.2, 0) is 17.9 Å². The van der Waals surface area contributed by atoms with Gasteiger partial charge in [0.1, 0.15) is 24.7 Å². The minimum atomic E-state index is 0.103. The third-order valence-electron chi connectivity index (χ3n) is 4.56. The van der Waals surface area contributed by atoms with E-state index in [1.54, 1.807) is 6.07 Å². The highest BCUT2D eigenvalue weighted by atomic mass is 35.5. The molecule has 0 atom stereocenters. The fourth-order valence-electron chi connectivity index (χ4n) is 3.25. The molecule has 0 aliphatic rings. The van der Waals surface area contributed by atoms with Crippen LogP contribution in [0.5, 0.6) is 5.75 Å². The van der Waals surface area contributed by atoms with Crippen molar-refractivity contribution in [3.8, 4) is 5.75 Å². The molecule has 148 valence electrons. The van der Waals surface area contributed by atoms with E-state index in [4.69, 9.17) is 16.3 Å². The number of imidazole rings is 1. The van der Waals surface area contributed by atoms with Crippen molar-refractivity contribution in [3.63, 3.8) is 0 Å². The van der Waals surface area contributed by atoms with Gasteiger partial charge in [0.2, 0.25) is 5.91 Å². The first-order valence-corrected chi connectivity index (χ1v) is 10.1. The smallest absolute Gasteiger partial charge is 0.242 e. The lowest BCUT2D eigenvalue weighted by molar-refractivity contribution is -0.131. The first-order chi connectivity index (χ1) is 13.6. The molecule has 0 saturated heterocycles. The molecule has 1 heterocycles. The van der Waals surface area contributed by atoms with Gasteiger partial charge in [-0.15, -0.1) is 0 Å². The number of halogens is 1. The van der Waals surface area contributed by atoms with E-state index in [2.05, 4.69) is 18.8 Å². The Balaban J connectivity index is 1.86. The summed E-state index contributed by atoms with van der Waals surface area (Å²) in [5.41, 5.74) is 1.78. The summed E-state index contributed by atoms with van der Waals surface area (Å²) < 4.78 is 7.84. The van der Waals surface area contributed by atoms with E-state index < -0.39 is 0 Å². The van der Waals surface area contributed by atoms with Gasteiger partial charge in [0, 0.05) is 13.1 Å². The minimum absolute atomic E-state index is 0.103. The molecule has 6 heteroatoms. The van der Waals surface area contributed by atoms with E-state index in [0.29, 0.717) is 16.6 Å². The van der Waals surface area contributed by atoms with E-state index in [0.717, 1.165) is 37.0 Å². The second kappa shape index (κ2) is 9.60. The maximum atomic E-state index is 12.9. The average Bonchev–Trinajstić information content (AvgIpc) is 3.04. The van der Waals surface area contributed by atoms with E-state index in [9.17, 15) is 4.79 Å². The highest BCUT2D eigenvalue weighted by Gasteiger charge is 2.18. The predicted molar refractivity (Wildman–Crippen MR) is 113 cm³/mol. The van der Waals surface area contributed by atoms with E-state index in [-0.39, 0.29) is 19.1 Å². The summed E-state index contributed by atoms with van der Waals surface area (Å²) >= 11 is 6.19. The van der Waals surface area contributed by atoms with Gasteiger partial charge < -0.3 is 14.2 Å². The van der Waals surface area contributed by atoms with E-state index >= 15 is 0 Å². The van der Waals surface area contributed by atoms with Crippen LogP contribution >= 0.6 is 11.6 Å². The molecule has 28 heavy (non-hydrogen) atoms. The van der Waals surface area contributed by atoms with Crippen molar-refractivity contribution in [1.82, 2.24) is 14.5 Å². The summed E-state index contributed by atoms with van der Waals surface area (Å²) in [7, 11) is 0. The number of hydrogen-bond donors (Lipinski definition) is 0. The van der Waals surface area contributed by atoms with Gasteiger partial charge in [-0.2, -0.15) is 0 Å². The lowest BCUT2D eigenvalue weighted by Crippen LogP contribution is -2.35. The SMILES string of the molecule is CCCN(CCC)C(=O)Cn1c(COc2ccccc2Cl)nc2ccccc21. The van der Waals surface area contributed by atoms with Gasteiger partial charge in [0.25, 0.3) is 0 Å². The van der Waals surface area contributed by atoms with Crippen molar-refractivity contribution in [2.24, 2.45) is 0 Å². The molecule has 3 aromatic rings. The van der Waals surface area contributed by atoms with Crippen molar-refractivity contribution in [3.05, 3.63) is 59.4 Å². The van der Waals surface area contributed by atoms with Crippen molar-refractivity contribution in [1.29, 1.82) is 0 Å². The molecule has 2 aromatic carbocycles. The summed E-state index contributed by atoms with van der Waals surface area (Å²) in [6.45, 7) is 6.21. The van der Waals surface area contributed by atoms with Crippen LogP contribution in [0.3, 0.4) is 0 Å². The van der Waals surface area contributed by atoms with E-state index in [1.165, 1.54) is 0 Å². The normalized spacial score (nSPS) is 11.0. The number of hydrogen-bond acceptors (Lipinski definition) is 3. The van der Waals surface area contributed by atoms with Crippen molar-refractivity contribution in [2.75, 3.05) is 13.1 Å². The Hall–Kier alpha value is -2.53. The van der Waals surface area contributed by atoms with Gasteiger partial charge in [-0.05, 0) is 37.1 Å². The number of rotatable bonds is 9. The second-order valence-corrected chi connectivity index (χ2v) is 7.11. The largest absolute Gasteiger partial charge is 0.484 e. The first-order valence-electron chi connectivity index (χ1n) is 9.73. The number of carbonyl (C=O) groups excluding carboxylic acids is 1. The van der Waals surface area contributed by atoms with Gasteiger partial charge in [-0.1, -0.05) is 49.7 Å². The molecule has 0 saturated carbocycles. The van der Waals surface area contributed by atoms with Gasteiger partial charge in [0.05, 0.1) is 16.1 Å². The van der Waals surface area contributed by atoms with Crippen LogP contribution in [0.2, 0.25) is 5.02 Å². The Morgan fingerprint density at radius 2 is 1.75 bits per heavy atom. The van der Waals surface area contributed by atoms with Crippen molar-refractivity contribution < 1.29 is 9.53 Å². The molecule has 1 amide bonds. The highest BCUT2D eigenvalue weighted by molar-refractivity contribution is 6.32. The number of nitrogens with zero attached hydrogens (tertiary/aromatic N) is 3. The maximum Gasteiger partial charge on any atom is 0.242 e. The van der Waals surface area contributed by atoms with Crippen LogP contribution < -0.4 is 4.74 Å². The molecule has 1 aromatic heterocycles. The molecule has 0 radical (unpaired) electrons. The first kappa shape index (κ1) is 20.2. The minimum Gasteiger partial charge on any atom is -0.484 e. The topological polar surface area (TPSA) is 47.4 Å². The quantitative estimate of drug-likeness (QED) is 0.513. The van der Waals surface area contributed by atoms with Crippen molar-refractivity contribution >= 4 is 28.5 Å². The molecule has 0 unspecified atom stereocenters. The Morgan fingerprint density at radius 3 is 2.46 bits per heavy atom. The van der Waals surface area contributed by atoms with Gasteiger partial charge in [-0.3, -0.25) is 4.79 Å². The summed E-state index contributed by atoms with van der Waals surface area (Å²) in [4.78, 5) is 19.5. The average molecular weight is 400 g/mol. The lowest BCUT2D eigenvalue weighted by atomic mass is 10.3. The Kier molecular flexibility index (Phi) is 6.93. The number of aromatic nitrogens is 2. The number of para-hydroxylation sites is 3. The summed E-state index contributed by atoms with van der Waals surface area (Å²) in [5.74, 6) is 1.42. The van der Waals surface area contributed by atoms with Crippen molar-refractivity contribution in [2.45, 2.75) is 39.8 Å². The maximum absolute atomic E-state index is 12.9. The number of amides is 1. The molecular formula is C22H26ClN3O2. The summed E-state index contributed by atoms with van der Waals surface area (Å²) in [5, 5.41) is 0.554. The third kappa shape index (κ3) is 4.65. The van der Waals surface area contributed by atoms with Gasteiger partial charge in [0.15, 0.2) is 0 Å². The zero-order chi connectivity index (χ0) is 19.9. The standard InChI is InChI=1S/C22H26ClN3O2/c1-3-13-25(14-4-2)22(27)15-26-19-11-7-6-10-18(19)24-21(26)16-28-20-12-8-5-9-17(20)23/h5-12H,3-4,13-16H2,1-2H3. The van der Waals surface area contributed by atoms with Crippen LogP contribution in [0.1, 0.15) is 32.5 Å². The van der Waals surface area contributed by atoms with E-state index in [1.807, 2.05) is 51.9 Å². The number of carbonyl (C=O) groups is 1. The molecule has 0 aliphatic heterocycles. The molecule has 0 bridgehead atoms. The molecule has 0 aliphatic carbocycles. The molecule has 0 N–H and O–H groups in total. The van der Waals surface area contributed by atoms with Crippen LogP contribution in [0.25, 0.3) is 11.0 Å². The summed E-state index contributed by atoms with van der Waals surface area (Å²) in [6, 6.07) is 15.2. The van der Waals surface area contributed by atoms with Crippen LogP contribution in [-0.4, -0.2) is 33.4 Å². The van der Waals surface area contributed by atoms with Crippen LogP contribution in [0.15, 0.2) is 48.5 Å². The molecule has 0 fully saturated rings. The zero-order valence-electron chi connectivity index (χ0n) is 16.4. The molecular weight excluding hydrogens is 374 g/mol. The number of benzene rings is 2. The summed E-state index contributed by atoms with van der Waals surface area (Å²) in [6.07, 6.45) is 1.89. The number of fused-ring (bicyclic) bond motifs is 1. The fraction of sp³-hybridized carbons (Fsp3) is 0.364. The molecule has 3 rings (SSSR count). The van der Waals surface area contributed by atoms with Gasteiger partial charge in [-0.25, -0.2) is 4.98 Å². The Morgan fingerprint density at radius 1 is 1.07 bits per heavy atom. The highest BCUT2D eigenvalue weighted by Crippen LogP contribution is 2.25. The molecule has 0 spiro atoms. The monoisotopic (exact) mass is 399 g/mol. The lowest BCUT2D eigenvalue weighted by Gasteiger charge is -2.22. The molecule has 5 nitrogen and oxygen atoms in total. The van der Waals surface area contributed by atoms with Gasteiger partial charge >= 0.3 is 0 Å². The zero-order valence-corrected chi connectivity index (χ0v) is 17.2. The second-order valence-electron chi connectivity index (χ2n) is 6.70.